The lowest BCUT2D eigenvalue weighted by Gasteiger charge is -2.23. The Hall–Kier alpha value is -3.23. The maximum absolute atomic E-state index is 12.8. The van der Waals surface area contributed by atoms with Gasteiger partial charge in [0.1, 0.15) is 0 Å². The molecule has 1 aliphatic carbocycles. The van der Waals surface area contributed by atoms with Crippen molar-refractivity contribution in [2.75, 3.05) is 6.54 Å². The fraction of sp³-hybridized carbons (Fsp3) is 0.353. The molecule has 9 heteroatoms. The van der Waals surface area contributed by atoms with Crippen LogP contribution < -0.4 is 0 Å². The Labute approximate surface area is 149 Å². The number of amides is 1. The molecule has 1 amide bonds. The van der Waals surface area contributed by atoms with Gasteiger partial charge < -0.3 is 10.0 Å². The van der Waals surface area contributed by atoms with Crippen LogP contribution in [0, 0.1) is 16.0 Å². The molecule has 1 aromatic carbocycles. The van der Waals surface area contributed by atoms with E-state index in [1.165, 1.54) is 23.0 Å². The van der Waals surface area contributed by atoms with Gasteiger partial charge in [-0.2, -0.15) is 5.10 Å². The number of carboxylic acids is 1. The quantitative estimate of drug-likeness (QED) is 0.598. The SMILES string of the molecule is CC(CN(C(=O)c1cnn(-c2ccc([N+](=O)[O-])cc2)c1)C1CC1)C(=O)O. The van der Waals surface area contributed by atoms with Crippen LogP contribution in [0.5, 0.6) is 0 Å². The first-order chi connectivity index (χ1) is 12.4. The molecule has 0 saturated heterocycles. The maximum Gasteiger partial charge on any atom is 0.308 e. The molecule has 9 nitrogen and oxygen atoms in total. The average Bonchev–Trinajstić information content (AvgIpc) is 3.34. The van der Waals surface area contributed by atoms with Crippen molar-refractivity contribution < 1.29 is 19.6 Å². The minimum Gasteiger partial charge on any atom is -0.481 e. The van der Waals surface area contributed by atoms with Gasteiger partial charge in [0.15, 0.2) is 0 Å². The molecule has 26 heavy (non-hydrogen) atoms. The zero-order valence-corrected chi connectivity index (χ0v) is 14.1. The number of nitro benzene ring substituents is 1. The van der Waals surface area contributed by atoms with Gasteiger partial charge in [0, 0.05) is 30.9 Å². The molecule has 1 heterocycles. The van der Waals surface area contributed by atoms with Crippen LogP contribution in [0.25, 0.3) is 5.69 Å². The molecule has 0 spiro atoms. The van der Waals surface area contributed by atoms with Crippen molar-refractivity contribution >= 4 is 17.6 Å². The summed E-state index contributed by atoms with van der Waals surface area (Å²) in [7, 11) is 0. The highest BCUT2D eigenvalue weighted by atomic mass is 16.6. The highest BCUT2D eigenvalue weighted by Crippen LogP contribution is 2.29. The summed E-state index contributed by atoms with van der Waals surface area (Å²) in [5, 5.41) is 24.0. The Balaban J connectivity index is 1.78. The number of carbonyl (C=O) groups excluding carboxylic acids is 1. The van der Waals surface area contributed by atoms with Gasteiger partial charge in [-0.25, -0.2) is 4.68 Å². The van der Waals surface area contributed by atoms with E-state index in [9.17, 15) is 19.7 Å². The van der Waals surface area contributed by atoms with Gasteiger partial charge in [-0.15, -0.1) is 0 Å². The number of nitrogens with zero attached hydrogens (tertiary/aromatic N) is 4. The van der Waals surface area contributed by atoms with E-state index in [2.05, 4.69) is 5.10 Å². The second kappa shape index (κ2) is 6.95. The second-order valence-electron chi connectivity index (χ2n) is 6.38. The van der Waals surface area contributed by atoms with E-state index in [1.807, 2.05) is 0 Å². The summed E-state index contributed by atoms with van der Waals surface area (Å²) in [4.78, 5) is 35.7. The largest absolute Gasteiger partial charge is 0.481 e. The van der Waals surface area contributed by atoms with Crippen LogP contribution in [-0.4, -0.2) is 49.2 Å². The van der Waals surface area contributed by atoms with Gasteiger partial charge in [0.05, 0.1) is 28.3 Å². The van der Waals surface area contributed by atoms with Crippen molar-refractivity contribution in [3.8, 4) is 5.69 Å². The van der Waals surface area contributed by atoms with Crippen LogP contribution in [0.4, 0.5) is 5.69 Å². The number of non-ortho nitro benzene ring substituents is 1. The molecule has 1 fully saturated rings. The molecule has 1 aliphatic rings. The Bertz CT molecular complexity index is 841. The smallest absolute Gasteiger partial charge is 0.308 e. The van der Waals surface area contributed by atoms with E-state index < -0.39 is 16.8 Å². The molecule has 1 aromatic heterocycles. The number of aliphatic carboxylic acids is 1. The van der Waals surface area contributed by atoms with Crippen molar-refractivity contribution in [2.24, 2.45) is 5.92 Å². The van der Waals surface area contributed by atoms with Gasteiger partial charge in [-0.1, -0.05) is 6.92 Å². The number of carbonyl (C=O) groups is 2. The van der Waals surface area contributed by atoms with Crippen molar-refractivity contribution in [1.82, 2.24) is 14.7 Å². The summed E-state index contributed by atoms with van der Waals surface area (Å²) in [6, 6.07) is 5.90. The van der Waals surface area contributed by atoms with Crippen LogP contribution in [0.3, 0.4) is 0 Å². The molecule has 1 saturated carbocycles. The normalized spacial score (nSPS) is 14.7. The summed E-state index contributed by atoms with van der Waals surface area (Å²) >= 11 is 0. The van der Waals surface area contributed by atoms with Crippen molar-refractivity contribution in [3.05, 3.63) is 52.3 Å². The van der Waals surface area contributed by atoms with E-state index in [0.29, 0.717) is 11.3 Å². The van der Waals surface area contributed by atoms with Gasteiger partial charge in [-0.05, 0) is 25.0 Å². The maximum atomic E-state index is 12.8. The molecule has 1 atom stereocenters. The summed E-state index contributed by atoms with van der Waals surface area (Å²) in [6.07, 6.45) is 4.71. The number of nitro groups is 1. The van der Waals surface area contributed by atoms with Crippen LogP contribution in [-0.2, 0) is 4.79 Å². The fourth-order valence-corrected chi connectivity index (χ4v) is 2.62. The van der Waals surface area contributed by atoms with Crippen LogP contribution in [0.15, 0.2) is 36.7 Å². The molecule has 2 aromatic rings. The van der Waals surface area contributed by atoms with E-state index in [-0.39, 0.29) is 24.2 Å². The molecule has 1 unspecified atom stereocenters. The van der Waals surface area contributed by atoms with Crippen molar-refractivity contribution in [2.45, 2.75) is 25.8 Å². The number of hydrogen-bond acceptors (Lipinski definition) is 5. The predicted octanol–water partition coefficient (Wildman–Crippen LogP) is 2.11. The number of rotatable bonds is 7. The molecular formula is C17H18N4O5. The first kappa shape index (κ1) is 17.6. The number of hydrogen-bond donors (Lipinski definition) is 1. The third-order valence-electron chi connectivity index (χ3n) is 4.30. The topological polar surface area (TPSA) is 119 Å². The molecule has 3 rings (SSSR count). The van der Waals surface area contributed by atoms with Gasteiger partial charge in [0.2, 0.25) is 0 Å². The van der Waals surface area contributed by atoms with Crippen LogP contribution >= 0.6 is 0 Å². The van der Waals surface area contributed by atoms with Crippen LogP contribution in [0.2, 0.25) is 0 Å². The summed E-state index contributed by atoms with van der Waals surface area (Å²) in [6.45, 7) is 1.73. The average molecular weight is 358 g/mol. The Morgan fingerprint density at radius 1 is 1.38 bits per heavy atom. The summed E-state index contributed by atoms with van der Waals surface area (Å²) < 4.78 is 1.46. The molecule has 0 aliphatic heterocycles. The van der Waals surface area contributed by atoms with E-state index >= 15 is 0 Å². The number of benzene rings is 1. The van der Waals surface area contributed by atoms with E-state index in [0.717, 1.165) is 12.8 Å². The number of carboxylic acid groups (broad SMARTS) is 1. The minimum atomic E-state index is -0.940. The Morgan fingerprint density at radius 3 is 2.58 bits per heavy atom. The Morgan fingerprint density at radius 2 is 2.04 bits per heavy atom. The van der Waals surface area contributed by atoms with E-state index in [1.54, 1.807) is 30.2 Å². The molecular weight excluding hydrogens is 340 g/mol. The molecule has 1 N–H and O–H groups in total. The predicted molar refractivity (Wildman–Crippen MR) is 91.1 cm³/mol. The third kappa shape index (κ3) is 3.71. The molecule has 0 bridgehead atoms. The lowest BCUT2D eigenvalue weighted by atomic mass is 10.1. The molecule has 0 radical (unpaired) electrons. The van der Waals surface area contributed by atoms with Crippen molar-refractivity contribution in [1.29, 1.82) is 0 Å². The summed E-state index contributed by atoms with van der Waals surface area (Å²) in [5.41, 5.74) is 0.916. The minimum absolute atomic E-state index is 0.0280. The van der Waals surface area contributed by atoms with Gasteiger partial charge in [0.25, 0.3) is 11.6 Å². The first-order valence-corrected chi connectivity index (χ1v) is 8.20. The third-order valence-corrected chi connectivity index (χ3v) is 4.30. The van der Waals surface area contributed by atoms with Gasteiger partial charge >= 0.3 is 5.97 Å². The highest BCUT2D eigenvalue weighted by Gasteiger charge is 2.35. The fourth-order valence-electron chi connectivity index (χ4n) is 2.62. The number of aromatic nitrogens is 2. The highest BCUT2D eigenvalue weighted by molar-refractivity contribution is 5.94. The first-order valence-electron chi connectivity index (χ1n) is 8.20. The lowest BCUT2D eigenvalue weighted by molar-refractivity contribution is -0.384. The standard InChI is InChI=1S/C17H18N4O5/c1-11(17(23)24)9-19(13-2-3-13)16(22)12-8-18-20(10-12)14-4-6-15(7-5-14)21(25)26/h4-8,10-11,13H,2-3,9H2,1H3,(H,23,24). The second-order valence-corrected chi connectivity index (χ2v) is 6.38. The molecule has 136 valence electrons. The van der Waals surface area contributed by atoms with Gasteiger partial charge in [-0.3, -0.25) is 19.7 Å². The summed E-state index contributed by atoms with van der Waals surface area (Å²) in [5.74, 6) is -1.84. The van der Waals surface area contributed by atoms with Crippen LogP contribution in [0.1, 0.15) is 30.1 Å². The van der Waals surface area contributed by atoms with Crippen molar-refractivity contribution in [3.63, 3.8) is 0 Å². The lowest BCUT2D eigenvalue weighted by Crippen LogP contribution is -2.38. The monoisotopic (exact) mass is 358 g/mol. The zero-order chi connectivity index (χ0) is 18.8. The van der Waals surface area contributed by atoms with E-state index in [4.69, 9.17) is 5.11 Å². The Kier molecular flexibility index (Phi) is 4.70. The zero-order valence-electron chi connectivity index (χ0n) is 14.1.